The Labute approximate surface area is 211 Å². The lowest BCUT2D eigenvalue weighted by molar-refractivity contribution is -0.111. The van der Waals surface area contributed by atoms with Crippen molar-refractivity contribution in [3.8, 4) is 0 Å². The largest absolute Gasteiger partial charge is 0.465 e. The van der Waals surface area contributed by atoms with E-state index in [0.29, 0.717) is 23.3 Å². The highest BCUT2D eigenvalue weighted by Gasteiger charge is 2.30. The number of fused-ring (bicyclic) bond motifs is 1. The average Bonchev–Trinajstić information content (AvgIpc) is 2.78. The second-order valence-corrected chi connectivity index (χ2v) is 10.6. The summed E-state index contributed by atoms with van der Waals surface area (Å²) in [7, 11) is 3.95. The molecule has 198 valence electrons. The minimum absolute atomic E-state index is 0.0678. The van der Waals surface area contributed by atoms with Crippen molar-refractivity contribution in [1.82, 2.24) is 19.7 Å². The Morgan fingerprint density at radius 2 is 1.92 bits per heavy atom. The molecule has 1 aromatic heterocycles. The van der Waals surface area contributed by atoms with Crippen LogP contribution in [0.15, 0.2) is 21.3 Å². The van der Waals surface area contributed by atoms with Gasteiger partial charge in [0.25, 0.3) is 6.01 Å². The molecule has 1 aliphatic heterocycles. The monoisotopic (exact) mass is 502 g/mol. The lowest BCUT2D eigenvalue weighted by atomic mass is 10.0. The number of anilines is 2. The maximum atomic E-state index is 12.9. The molecule has 0 spiro atoms. The highest BCUT2D eigenvalue weighted by Crippen LogP contribution is 2.31. The highest BCUT2D eigenvalue weighted by molar-refractivity contribution is 5.94. The summed E-state index contributed by atoms with van der Waals surface area (Å²) in [4.78, 5) is 49.0. The number of nitrogens with zero attached hydrogens (tertiary/aromatic N) is 5. The number of nitrogens with one attached hydrogen (secondary N) is 1. The van der Waals surface area contributed by atoms with Crippen molar-refractivity contribution in [1.29, 1.82) is 0 Å². The van der Waals surface area contributed by atoms with Crippen LogP contribution in [-0.4, -0.2) is 102 Å². The lowest BCUT2D eigenvalue weighted by Crippen LogP contribution is -2.53. The molecule has 2 N–H and O–H groups in total. The van der Waals surface area contributed by atoms with Crippen molar-refractivity contribution in [2.75, 3.05) is 57.0 Å². The maximum absolute atomic E-state index is 12.9. The molecule has 1 saturated heterocycles. The Morgan fingerprint density at radius 3 is 2.47 bits per heavy atom. The van der Waals surface area contributed by atoms with Gasteiger partial charge in [0, 0.05) is 44.3 Å². The van der Waals surface area contributed by atoms with Crippen molar-refractivity contribution in [2.45, 2.75) is 52.4 Å². The van der Waals surface area contributed by atoms with Gasteiger partial charge in [-0.15, -0.1) is 0 Å². The summed E-state index contributed by atoms with van der Waals surface area (Å²) in [5, 5.41) is 12.9. The first kappa shape index (κ1) is 27.6. The maximum Gasteiger partial charge on any atom is 0.412 e. The van der Waals surface area contributed by atoms with Gasteiger partial charge in [-0.1, -0.05) is 0 Å². The van der Waals surface area contributed by atoms with Gasteiger partial charge >= 0.3 is 11.7 Å². The van der Waals surface area contributed by atoms with Gasteiger partial charge in [0.05, 0.1) is 16.6 Å². The van der Waals surface area contributed by atoms with Crippen LogP contribution in [0.3, 0.4) is 0 Å². The lowest BCUT2D eigenvalue weighted by Gasteiger charge is -2.38. The van der Waals surface area contributed by atoms with Crippen LogP contribution in [0.4, 0.5) is 16.5 Å². The Kier molecular flexibility index (Phi) is 8.37. The van der Waals surface area contributed by atoms with E-state index in [4.69, 9.17) is 4.42 Å². The predicted octanol–water partition coefficient (Wildman–Crippen LogP) is 2.28. The molecule has 11 nitrogen and oxygen atoms in total. The van der Waals surface area contributed by atoms with E-state index in [9.17, 15) is 19.5 Å². The molecule has 3 rings (SSSR count). The van der Waals surface area contributed by atoms with Gasteiger partial charge in [0.1, 0.15) is 6.17 Å². The van der Waals surface area contributed by atoms with E-state index in [0.717, 1.165) is 32.5 Å². The van der Waals surface area contributed by atoms with E-state index in [-0.39, 0.29) is 17.4 Å². The third kappa shape index (κ3) is 6.03. The molecular formula is C25H38N6O5. The molecular weight excluding hydrogens is 464 g/mol. The van der Waals surface area contributed by atoms with Crippen LogP contribution in [0.1, 0.15) is 33.3 Å². The van der Waals surface area contributed by atoms with Crippen LogP contribution >= 0.6 is 0 Å². The summed E-state index contributed by atoms with van der Waals surface area (Å²) in [6.07, 6.45) is -1.11. The van der Waals surface area contributed by atoms with E-state index in [1.54, 1.807) is 39.8 Å². The van der Waals surface area contributed by atoms with Crippen molar-refractivity contribution in [3.05, 3.63) is 28.1 Å². The van der Waals surface area contributed by atoms with E-state index in [1.807, 2.05) is 11.9 Å². The summed E-state index contributed by atoms with van der Waals surface area (Å²) in [6.45, 7) is 13.7. The molecule has 36 heavy (non-hydrogen) atoms. The number of aryl methyl sites for hydroxylation is 1. The fraction of sp³-hybridized carbons (Fsp3) is 0.600. The number of hydrogen-bond donors (Lipinski definition) is 2. The van der Waals surface area contributed by atoms with Crippen LogP contribution in [0.2, 0.25) is 0 Å². The molecule has 1 fully saturated rings. The molecule has 0 bridgehead atoms. The molecule has 1 amide bonds. The predicted molar refractivity (Wildman–Crippen MR) is 140 cm³/mol. The molecule has 0 aliphatic carbocycles. The Morgan fingerprint density at radius 1 is 1.28 bits per heavy atom. The van der Waals surface area contributed by atoms with Gasteiger partial charge in [-0.3, -0.25) is 19.5 Å². The summed E-state index contributed by atoms with van der Waals surface area (Å²) < 4.78 is 5.42. The first-order valence-corrected chi connectivity index (χ1v) is 12.2. The number of carboxylic acid groups (broad SMARTS) is 1. The molecule has 2 atom stereocenters. The summed E-state index contributed by atoms with van der Waals surface area (Å²) in [5.41, 5.74) is -0.169. The van der Waals surface area contributed by atoms with E-state index in [1.165, 1.54) is 4.90 Å². The molecule has 1 aliphatic rings. The van der Waals surface area contributed by atoms with Crippen LogP contribution < -0.4 is 15.8 Å². The Hall–Kier alpha value is -3.02. The van der Waals surface area contributed by atoms with Gasteiger partial charge < -0.3 is 19.7 Å². The molecule has 0 saturated carbocycles. The smallest absolute Gasteiger partial charge is 0.412 e. The zero-order valence-corrected chi connectivity index (χ0v) is 22.2. The van der Waals surface area contributed by atoms with Gasteiger partial charge in [0.15, 0.2) is 6.29 Å². The number of amides is 1. The zero-order chi connectivity index (χ0) is 26.8. The average molecular weight is 503 g/mol. The fourth-order valence-corrected chi connectivity index (χ4v) is 4.65. The van der Waals surface area contributed by atoms with Crippen LogP contribution in [-0.2, 0) is 4.79 Å². The standard InChI is InChI=1S/C25H38N6O5/c1-16(30-12-10-28(6)11-13-30)14-29(7)20(15-32)27-23-26-18-8-9-19(17(2)21(18)22(33)36-23)31(24(34)35)25(3,4)5/h8-9,15-16,20H,10-14H2,1-7H3,(H,26,27)(H,34,35)/t16-,20?/m0/s1. The number of likely N-dealkylation sites (N-methyl/N-ethyl adjacent to an activating group) is 2. The van der Waals surface area contributed by atoms with E-state index >= 15 is 0 Å². The van der Waals surface area contributed by atoms with Gasteiger partial charge in [0.2, 0.25) is 0 Å². The van der Waals surface area contributed by atoms with E-state index < -0.39 is 23.4 Å². The molecule has 0 radical (unpaired) electrons. The molecule has 1 unspecified atom stereocenters. The van der Waals surface area contributed by atoms with Crippen molar-refractivity contribution < 1.29 is 19.1 Å². The van der Waals surface area contributed by atoms with Crippen LogP contribution in [0, 0.1) is 6.92 Å². The SMILES string of the molecule is Cc1c(N(C(=O)O)C(C)(C)C)ccc2nc(NC(C=O)N(C)C[C@H](C)N3CCN(C)CC3)oc(=O)c12. The third-order valence-corrected chi connectivity index (χ3v) is 6.72. The number of piperazine rings is 1. The number of hydrogen-bond acceptors (Lipinski definition) is 9. The summed E-state index contributed by atoms with van der Waals surface area (Å²) in [5.74, 6) is 0. The first-order valence-electron chi connectivity index (χ1n) is 12.2. The van der Waals surface area contributed by atoms with Crippen LogP contribution in [0.25, 0.3) is 10.9 Å². The molecule has 2 aromatic rings. The minimum atomic E-state index is -1.12. The Bertz CT molecular complexity index is 1150. The molecule has 1 aromatic carbocycles. The third-order valence-electron chi connectivity index (χ3n) is 6.72. The van der Waals surface area contributed by atoms with Crippen LogP contribution in [0.5, 0.6) is 0 Å². The van der Waals surface area contributed by atoms with Crippen molar-refractivity contribution in [3.63, 3.8) is 0 Å². The van der Waals surface area contributed by atoms with E-state index in [2.05, 4.69) is 34.1 Å². The second kappa shape index (κ2) is 10.9. The van der Waals surface area contributed by atoms with Gasteiger partial charge in [-0.25, -0.2) is 9.59 Å². The molecule has 2 heterocycles. The van der Waals surface area contributed by atoms with Gasteiger partial charge in [-0.2, -0.15) is 4.98 Å². The summed E-state index contributed by atoms with van der Waals surface area (Å²) >= 11 is 0. The normalized spacial score (nSPS) is 17.2. The number of carbonyl (C=O) groups is 2. The number of carbonyl (C=O) groups excluding carboxylic acids is 1. The van der Waals surface area contributed by atoms with Gasteiger partial charge in [-0.05, 0) is 66.4 Å². The highest BCUT2D eigenvalue weighted by atomic mass is 16.4. The second-order valence-electron chi connectivity index (χ2n) is 10.6. The minimum Gasteiger partial charge on any atom is -0.465 e. The first-order chi connectivity index (χ1) is 16.8. The molecule has 11 heteroatoms. The number of benzene rings is 1. The summed E-state index contributed by atoms with van der Waals surface area (Å²) in [6, 6.07) is 3.40. The van der Waals surface area contributed by atoms with Crippen molar-refractivity contribution >= 4 is 35.0 Å². The zero-order valence-electron chi connectivity index (χ0n) is 22.2. The quantitative estimate of drug-likeness (QED) is 0.411. The number of aldehydes is 1. The van der Waals surface area contributed by atoms with Crippen molar-refractivity contribution in [2.24, 2.45) is 0 Å². The Balaban J connectivity index is 1.82. The topological polar surface area (TPSA) is 122 Å². The fourth-order valence-electron chi connectivity index (χ4n) is 4.65. The number of aromatic nitrogens is 1. The number of rotatable bonds is 8.